The molecule has 1 amide bonds. The lowest BCUT2D eigenvalue weighted by molar-refractivity contribution is 0.0941. The Hall–Kier alpha value is -3.32. The number of rotatable bonds is 9. The second kappa shape index (κ2) is 11.2. The van der Waals surface area contributed by atoms with Gasteiger partial charge in [0.05, 0.1) is 25.6 Å². The summed E-state index contributed by atoms with van der Waals surface area (Å²) in [6.45, 7) is 5.09. The predicted molar refractivity (Wildman–Crippen MR) is 134 cm³/mol. The van der Waals surface area contributed by atoms with Crippen LogP contribution in [0.3, 0.4) is 0 Å². The topological polar surface area (TPSA) is 68.6 Å². The summed E-state index contributed by atoms with van der Waals surface area (Å²) >= 11 is 0. The van der Waals surface area contributed by atoms with Crippen LogP contribution in [-0.2, 0) is 0 Å². The molecule has 1 unspecified atom stereocenters. The molecule has 2 heterocycles. The number of likely N-dealkylation sites (tertiary alicyclic amines) is 1. The number of hydrogen-bond donors (Lipinski definition) is 1. The minimum Gasteiger partial charge on any atom is -0.497 e. The second-order valence-electron chi connectivity index (χ2n) is 8.72. The minimum atomic E-state index is -0.137. The normalized spacial score (nSPS) is 16.3. The SMILES string of the molecule is COc1ccc(-c2cc(C(=O)NCCCN3CCCCC3C)n(-c3ccccc3)n2)c(OC)c1. The van der Waals surface area contributed by atoms with Crippen LogP contribution in [0.5, 0.6) is 11.5 Å². The molecule has 180 valence electrons. The van der Waals surface area contributed by atoms with Crippen molar-refractivity contribution in [3.05, 3.63) is 60.3 Å². The van der Waals surface area contributed by atoms with Gasteiger partial charge in [-0.1, -0.05) is 24.6 Å². The van der Waals surface area contributed by atoms with Gasteiger partial charge in [0, 0.05) is 30.8 Å². The van der Waals surface area contributed by atoms with Gasteiger partial charge in [-0.25, -0.2) is 4.68 Å². The molecule has 1 saturated heterocycles. The van der Waals surface area contributed by atoms with E-state index < -0.39 is 0 Å². The van der Waals surface area contributed by atoms with Gasteiger partial charge in [0.1, 0.15) is 17.2 Å². The third-order valence-corrected chi connectivity index (χ3v) is 6.48. The lowest BCUT2D eigenvalue weighted by Crippen LogP contribution is -2.39. The molecule has 7 heteroatoms. The number of hydrogen-bond acceptors (Lipinski definition) is 5. The largest absolute Gasteiger partial charge is 0.497 e. The van der Waals surface area contributed by atoms with E-state index in [1.807, 2.05) is 54.6 Å². The molecule has 2 aromatic carbocycles. The summed E-state index contributed by atoms with van der Waals surface area (Å²) in [6.07, 6.45) is 4.78. The number of carbonyl (C=O) groups excluding carboxylic acids is 1. The number of nitrogens with one attached hydrogen (secondary N) is 1. The van der Waals surface area contributed by atoms with Gasteiger partial charge >= 0.3 is 0 Å². The van der Waals surface area contributed by atoms with Crippen LogP contribution in [0.15, 0.2) is 54.6 Å². The van der Waals surface area contributed by atoms with Crippen LogP contribution in [0.25, 0.3) is 16.9 Å². The molecule has 0 bridgehead atoms. The van der Waals surface area contributed by atoms with Gasteiger partial charge in [-0.05, 0) is 63.1 Å². The van der Waals surface area contributed by atoms with Crippen molar-refractivity contribution in [1.82, 2.24) is 20.0 Å². The standard InChI is InChI=1S/C27H34N4O3/c1-20-10-7-8-16-30(20)17-9-15-28-27(32)25-19-24(29-31(25)21-11-5-4-6-12-21)23-14-13-22(33-2)18-26(23)34-3/h4-6,11-14,18-20H,7-10,15-17H2,1-3H3,(H,28,32). The highest BCUT2D eigenvalue weighted by Gasteiger charge is 2.21. The van der Waals surface area contributed by atoms with Gasteiger partial charge < -0.3 is 19.7 Å². The molecular weight excluding hydrogens is 428 g/mol. The van der Waals surface area contributed by atoms with Crippen molar-refractivity contribution in [3.8, 4) is 28.4 Å². The highest BCUT2D eigenvalue weighted by atomic mass is 16.5. The molecule has 0 aliphatic carbocycles. The Bertz CT molecular complexity index is 1100. The van der Waals surface area contributed by atoms with Crippen LogP contribution in [0.2, 0.25) is 0 Å². The molecule has 3 aromatic rings. The Morgan fingerprint density at radius 1 is 1.09 bits per heavy atom. The monoisotopic (exact) mass is 462 g/mol. The molecule has 1 aliphatic heterocycles. The molecule has 1 aliphatic rings. The molecule has 0 radical (unpaired) electrons. The summed E-state index contributed by atoms with van der Waals surface area (Å²) in [5, 5.41) is 7.87. The van der Waals surface area contributed by atoms with Crippen LogP contribution in [0.1, 0.15) is 43.1 Å². The molecule has 34 heavy (non-hydrogen) atoms. The minimum absolute atomic E-state index is 0.137. The molecule has 1 atom stereocenters. The molecular formula is C27H34N4O3. The van der Waals surface area contributed by atoms with E-state index in [0.29, 0.717) is 35.5 Å². The molecule has 0 spiro atoms. The molecule has 0 saturated carbocycles. The molecule has 7 nitrogen and oxygen atoms in total. The lowest BCUT2D eigenvalue weighted by atomic mass is 10.0. The van der Waals surface area contributed by atoms with Crippen LogP contribution in [0.4, 0.5) is 0 Å². The average molecular weight is 463 g/mol. The van der Waals surface area contributed by atoms with Gasteiger partial charge in [-0.15, -0.1) is 0 Å². The van der Waals surface area contributed by atoms with Crippen molar-refractivity contribution in [3.63, 3.8) is 0 Å². The van der Waals surface area contributed by atoms with Crippen molar-refractivity contribution < 1.29 is 14.3 Å². The van der Waals surface area contributed by atoms with E-state index in [9.17, 15) is 4.79 Å². The Morgan fingerprint density at radius 2 is 1.91 bits per heavy atom. The lowest BCUT2D eigenvalue weighted by Gasteiger charge is -2.33. The van der Waals surface area contributed by atoms with Crippen molar-refractivity contribution in [2.24, 2.45) is 0 Å². The number of carbonyl (C=O) groups is 1. The van der Waals surface area contributed by atoms with Crippen LogP contribution in [-0.4, -0.2) is 60.5 Å². The number of ether oxygens (including phenoxy) is 2. The van der Waals surface area contributed by atoms with Crippen LogP contribution < -0.4 is 14.8 Å². The Balaban J connectivity index is 1.54. The first-order chi connectivity index (χ1) is 16.6. The highest BCUT2D eigenvalue weighted by Crippen LogP contribution is 2.33. The van der Waals surface area contributed by atoms with Gasteiger partial charge in [-0.3, -0.25) is 4.79 Å². The van der Waals surface area contributed by atoms with Crippen molar-refractivity contribution in [2.75, 3.05) is 33.9 Å². The zero-order chi connectivity index (χ0) is 23.9. The molecule has 1 N–H and O–H groups in total. The number of amides is 1. The first-order valence-electron chi connectivity index (χ1n) is 12.0. The molecule has 1 fully saturated rings. The fourth-order valence-corrected chi connectivity index (χ4v) is 4.52. The number of nitrogens with zero attached hydrogens (tertiary/aromatic N) is 3. The maximum Gasteiger partial charge on any atom is 0.270 e. The summed E-state index contributed by atoms with van der Waals surface area (Å²) in [4.78, 5) is 15.7. The fourth-order valence-electron chi connectivity index (χ4n) is 4.52. The maximum absolute atomic E-state index is 13.2. The summed E-state index contributed by atoms with van der Waals surface area (Å²) in [7, 11) is 3.23. The first-order valence-corrected chi connectivity index (χ1v) is 12.0. The third-order valence-electron chi connectivity index (χ3n) is 6.48. The van der Waals surface area contributed by atoms with Crippen molar-refractivity contribution in [1.29, 1.82) is 0 Å². The maximum atomic E-state index is 13.2. The van der Waals surface area contributed by atoms with E-state index in [1.54, 1.807) is 18.9 Å². The Morgan fingerprint density at radius 3 is 2.65 bits per heavy atom. The Labute approximate surface area is 201 Å². The van der Waals surface area contributed by atoms with E-state index in [4.69, 9.17) is 14.6 Å². The average Bonchev–Trinajstić information content (AvgIpc) is 3.33. The second-order valence-corrected chi connectivity index (χ2v) is 8.72. The Kier molecular flexibility index (Phi) is 7.85. The van der Waals surface area contributed by atoms with Crippen LogP contribution >= 0.6 is 0 Å². The summed E-state index contributed by atoms with van der Waals surface area (Å²) in [5.74, 6) is 1.20. The fraction of sp³-hybridized carbons (Fsp3) is 0.407. The van der Waals surface area contributed by atoms with E-state index in [-0.39, 0.29) is 5.91 Å². The predicted octanol–water partition coefficient (Wildman–Crippen LogP) is 4.55. The number of benzene rings is 2. The number of methoxy groups -OCH3 is 2. The quantitative estimate of drug-likeness (QED) is 0.473. The highest BCUT2D eigenvalue weighted by molar-refractivity contribution is 5.94. The third kappa shape index (κ3) is 5.42. The summed E-state index contributed by atoms with van der Waals surface area (Å²) < 4.78 is 12.6. The summed E-state index contributed by atoms with van der Waals surface area (Å²) in [5.41, 5.74) is 2.78. The smallest absolute Gasteiger partial charge is 0.270 e. The number of aromatic nitrogens is 2. The van der Waals surface area contributed by atoms with E-state index >= 15 is 0 Å². The zero-order valence-electron chi connectivity index (χ0n) is 20.3. The van der Waals surface area contributed by atoms with Gasteiger partial charge in [0.25, 0.3) is 5.91 Å². The number of para-hydroxylation sites is 1. The van der Waals surface area contributed by atoms with E-state index in [2.05, 4.69) is 17.1 Å². The van der Waals surface area contributed by atoms with Crippen molar-refractivity contribution >= 4 is 5.91 Å². The van der Waals surface area contributed by atoms with Gasteiger partial charge in [0.2, 0.25) is 0 Å². The molecule has 4 rings (SSSR count). The van der Waals surface area contributed by atoms with Crippen LogP contribution in [0, 0.1) is 0 Å². The van der Waals surface area contributed by atoms with E-state index in [0.717, 1.165) is 30.8 Å². The van der Waals surface area contributed by atoms with E-state index in [1.165, 1.54) is 19.3 Å². The van der Waals surface area contributed by atoms with Gasteiger partial charge in [0.15, 0.2) is 0 Å². The molecule has 1 aromatic heterocycles. The zero-order valence-corrected chi connectivity index (χ0v) is 20.3. The van der Waals surface area contributed by atoms with Gasteiger partial charge in [-0.2, -0.15) is 5.10 Å². The van der Waals surface area contributed by atoms with Crippen molar-refractivity contribution in [2.45, 2.75) is 38.6 Å². The number of piperidine rings is 1. The first kappa shape index (κ1) is 23.8. The summed E-state index contributed by atoms with van der Waals surface area (Å²) in [6, 6.07) is 17.7.